The fourth-order valence-corrected chi connectivity index (χ4v) is 2.16. The van der Waals surface area contributed by atoms with Crippen molar-refractivity contribution in [2.45, 2.75) is 38.9 Å². The molecule has 2 rings (SSSR count). The maximum Gasteiger partial charge on any atom is 0.253 e. The zero-order chi connectivity index (χ0) is 13.1. The van der Waals surface area contributed by atoms with Crippen LogP contribution >= 0.6 is 0 Å². The molecule has 2 atom stereocenters. The van der Waals surface area contributed by atoms with E-state index in [0.717, 1.165) is 29.7 Å². The first-order valence-electron chi connectivity index (χ1n) is 6.34. The maximum absolute atomic E-state index is 12.1. The van der Waals surface area contributed by atoms with Crippen molar-refractivity contribution in [3.8, 4) is 0 Å². The van der Waals surface area contributed by atoms with E-state index in [1.807, 2.05) is 32.0 Å². The van der Waals surface area contributed by atoms with Gasteiger partial charge in [-0.3, -0.25) is 4.79 Å². The number of hydrogen-bond donors (Lipinski definition) is 2. The van der Waals surface area contributed by atoms with Crippen LogP contribution < -0.4 is 11.1 Å². The number of rotatable bonds is 3. The summed E-state index contributed by atoms with van der Waals surface area (Å²) in [5, 5.41) is 2.93. The second kappa shape index (κ2) is 5.50. The summed E-state index contributed by atoms with van der Waals surface area (Å²) in [4.78, 5) is 12.1. The molecule has 18 heavy (non-hydrogen) atoms. The second-order valence-corrected chi connectivity index (χ2v) is 4.87. The number of nitrogens with one attached hydrogen (secondary N) is 1. The van der Waals surface area contributed by atoms with Gasteiger partial charge in [0.2, 0.25) is 0 Å². The van der Waals surface area contributed by atoms with Crippen LogP contribution in [0.25, 0.3) is 0 Å². The van der Waals surface area contributed by atoms with Gasteiger partial charge in [0.1, 0.15) is 6.10 Å². The highest BCUT2D eigenvalue weighted by atomic mass is 16.5. The lowest BCUT2D eigenvalue weighted by molar-refractivity contribution is -0.126. The molecule has 0 aliphatic carbocycles. The molecule has 0 aromatic heterocycles. The van der Waals surface area contributed by atoms with Gasteiger partial charge in [-0.05, 0) is 43.9 Å². The van der Waals surface area contributed by atoms with Gasteiger partial charge in [0, 0.05) is 12.2 Å². The molecule has 4 nitrogen and oxygen atoms in total. The number of hydrogen-bond acceptors (Lipinski definition) is 3. The maximum atomic E-state index is 12.1. The van der Waals surface area contributed by atoms with Gasteiger partial charge in [-0.15, -0.1) is 0 Å². The number of anilines is 1. The van der Waals surface area contributed by atoms with Crippen molar-refractivity contribution in [2.75, 3.05) is 11.9 Å². The van der Waals surface area contributed by atoms with Gasteiger partial charge in [0.05, 0.1) is 6.10 Å². The topological polar surface area (TPSA) is 64.4 Å². The summed E-state index contributed by atoms with van der Waals surface area (Å²) in [6, 6.07) is 6.01. The third kappa shape index (κ3) is 2.89. The van der Waals surface area contributed by atoms with Gasteiger partial charge in [-0.25, -0.2) is 0 Å². The van der Waals surface area contributed by atoms with E-state index in [1.54, 1.807) is 0 Å². The summed E-state index contributed by atoms with van der Waals surface area (Å²) in [5.74, 6) is -0.0698. The van der Waals surface area contributed by atoms with E-state index in [-0.39, 0.29) is 18.1 Å². The number of benzene rings is 1. The van der Waals surface area contributed by atoms with Crippen LogP contribution in [-0.4, -0.2) is 24.7 Å². The SMILES string of the molecule is Cc1ccc(C)c(NC(=O)[C@@H]2CC[C@H](CN)O2)c1. The Hall–Kier alpha value is -1.39. The Bertz CT molecular complexity index is 445. The molecular formula is C14H20N2O2. The number of carbonyl (C=O) groups excluding carboxylic acids is 1. The van der Waals surface area contributed by atoms with E-state index in [9.17, 15) is 4.79 Å². The molecule has 0 spiro atoms. The van der Waals surface area contributed by atoms with Gasteiger partial charge in [-0.1, -0.05) is 12.1 Å². The van der Waals surface area contributed by atoms with Crippen molar-refractivity contribution in [1.82, 2.24) is 0 Å². The molecule has 1 aliphatic rings. The van der Waals surface area contributed by atoms with E-state index < -0.39 is 0 Å². The molecule has 3 N–H and O–H groups in total. The average molecular weight is 248 g/mol. The normalized spacial score (nSPS) is 23.1. The predicted molar refractivity (Wildman–Crippen MR) is 71.5 cm³/mol. The van der Waals surface area contributed by atoms with Crippen LogP contribution in [0.15, 0.2) is 18.2 Å². The summed E-state index contributed by atoms with van der Waals surface area (Å²) in [7, 11) is 0. The van der Waals surface area contributed by atoms with Crippen molar-refractivity contribution < 1.29 is 9.53 Å². The third-order valence-corrected chi connectivity index (χ3v) is 3.31. The van der Waals surface area contributed by atoms with Crippen LogP contribution in [0, 0.1) is 13.8 Å². The Morgan fingerprint density at radius 2 is 2.22 bits per heavy atom. The van der Waals surface area contributed by atoms with Gasteiger partial charge < -0.3 is 15.8 Å². The van der Waals surface area contributed by atoms with Crippen molar-refractivity contribution in [1.29, 1.82) is 0 Å². The lowest BCUT2D eigenvalue weighted by Gasteiger charge is -2.14. The largest absolute Gasteiger partial charge is 0.364 e. The molecule has 98 valence electrons. The van der Waals surface area contributed by atoms with Gasteiger partial charge in [0.15, 0.2) is 0 Å². The lowest BCUT2D eigenvalue weighted by atomic mass is 10.1. The van der Waals surface area contributed by atoms with Crippen LogP contribution in [0.1, 0.15) is 24.0 Å². The number of amides is 1. The number of aryl methyl sites for hydroxylation is 2. The van der Waals surface area contributed by atoms with Crippen molar-refractivity contribution in [2.24, 2.45) is 5.73 Å². The molecule has 1 aromatic rings. The molecule has 1 aliphatic heterocycles. The zero-order valence-electron chi connectivity index (χ0n) is 10.9. The van der Waals surface area contributed by atoms with Crippen LogP contribution in [0.3, 0.4) is 0 Å². The van der Waals surface area contributed by atoms with Crippen LogP contribution in [0.4, 0.5) is 5.69 Å². The summed E-state index contributed by atoms with van der Waals surface area (Å²) in [5.41, 5.74) is 8.58. The Morgan fingerprint density at radius 3 is 2.89 bits per heavy atom. The Kier molecular flexibility index (Phi) is 3.99. The minimum Gasteiger partial charge on any atom is -0.364 e. The Labute approximate surface area is 108 Å². The highest BCUT2D eigenvalue weighted by Crippen LogP contribution is 2.22. The smallest absolute Gasteiger partial charge is 0.253 e. The van der Waals surface area contributed by atoms with Gasteiger partial charge in [0.25, 0.3) is 5.91 Å². The molecule has 0 bridgehead atoms. The summed E-state index contributed by atoms with van der Waals surface area (Å²) in [6.45, 7) is 4.46. The highest BCUT2D eigenvalue weighted by molar-refractivity contribution is 5.95. The van der Waals surface area contributed by atoms with Crippen LogP contribution in [0.5, 0.6) is 0 Å². The van der Waals surface area contributed by atoms with E-state index in [1.165, 1.54) is 0 Å². The molecule has 0 saturated carbocycles. The van der Waals surface area contributed by atoms with Crippen molar-refractivity contribution in [3.63, 3.8) is 0 Å². The van der Waals surface area contributed by atoms with Crippen LogP contribution in [0.2, 0.25) is 0 Å². The quantitative estimate of drug-likeness (QED) is 0.856. The molecule has 1 fully saturated rings. The van der Waals surface area contributed by atoms with Crippen molar-refractivity contribution in [3.05, 3.63) is 29.3 Å². The molecular weight excluding hydrogens is 228 g/mol. The summed E-state index contributed by atoms with van der Waals surface area (Å²) >= 11 is 0. The molecule has 4 heteroatoms. The monoisotopic (exact) mass is 248 g/mol. The van der Waals surface area contributed by atoms with E-state index in [4.69, 9.17) is 10.5 Å². The Morgan fingerprint density at radius 1 is 1.44 bits per heavy atom. The molecule has 1 aromatic carbocycles. The van der Waals surface area contributed by atoms with Crippen LogP contribution in [-0.2, 0) is 9.53 Å². The number of ether oxygens (including phenoxy) is 1. The average Bonchev–Trinajstić information content (AvgIpc) is 2.82. The fourth-order valence-electron chi connectivity index (χ4n) is 2.16. The van der Waals surface area contributed by atoms with E-state index in [2.05, 4.69) is 5.32 Å². The minimum atomic E-state index is -0.363. The molecule has 1 heterocycles. The van der Waals surface area contributed by atoms with Crippen molar-refractivity contribution >= 4 is 11.6 Å². The predicted octanol–water partition coefficient (Wildman–Crippen LogP) is 1.75. The highest BCUT2D eigenvalue weighted by Gasteiger charge is 2.29. The third-order valence-electron chi connectivity index (χ3n) is 3.31. The number of nitrogens with two attached hydrogens (primary N) is 1. The lowest BCUT2D eigenvalue weighted by Crippen LogP contribution is -2.30. The van der Waals surface area contributed by atoms with E-state index in [0.29, 0.717) is 6.54 Å². The first-order chi connectivity index (χ1) is 8.60. The first kappa shape index (κ1) is 13.1. The molecule has 0 radical (unpaired) electrons. The first-order valence-corrected chi connectivity index (χ1v) is 6.34. The van der Waals surface area contributed by atoms with E-state index >= 15 is 0 Å². The summed E-state index contributed by atoms with van der Waals surface area (Å²) in [6.07, 6.45) is 1.28. The minimum absolute atomic E-state index is 0.0272. The molecule has 1 amide bonds. The van der Waals surface area contributed by atoms with Gasteiger partial charge >= 0.3 is 0 Å². The molecule has 1 saturated heterocycles. The Balaban J connectivity index is 2.01. The fraction of sp³-hybridized carbons (Fsp3) is 0.500. The summed E-state index contributed by atoms with van der Waals surface area (Å²) < 4.78 is 5.58. The second-order valence-electron chi connectivity index (χ2n) is 4.87. The van der Waals surface area contributed by atoms with Gasteiger partial charge in [-0.2, -0.15) is 0 Å². The zero-order valence-corrected chi connectivity index (χ0v) is 10.9. The number of carbonyl (C=O) groups is 1. The standard InChI is InChI=1S/C14H20N2O2/c1-9-3-4-10(2)12(7-9)16-14(17)13-6-5-11(8-15)18-13/h3-4,7,11,13H,5-6,8,15H2,1-2H3,(H,16,17)/t11-,13+/m1/s1. The molecule has 0 unspecified atom stereocenters.